The van der Waals surface area contributed by atoms with Crippen LogP contribution in [0.1, 0.15) is 44.4 Å². The van der Waals surface area contributed by atoms with Crippen LogP contribution in [0.5, 0.6) is 5.75 Å². The van der Waals surface area contributed by atoms with Crippen molar-refractivity contribution in [3.05, 3.63) is 107 Å². The summed E-state index contributed by atoms with van der Waals surface area (Å²) in [5.41, 5.74) is 1.43. The zero-order valence-corrected chi connectivity index (χ0v) is 21.5. The van der Waals surface area contributed by atoms with E-state index in [1.165, 1.54) is 0 Å². The van der Waals surface area contributed by atoms with Gasteiger partial charge in [0.15, 0.2) is 0 Å². The maximum Gasteiger partial charge on any atom is 0.421 e. The highest BCUT2D eigenvalue weighted by atomic mass is 16.6. The van der Waals surface area contributed by atoms with Crippen molar-refractivity contribution >= 4 is 24.0 Å². The van der Waals surface area contributed by atoms with Gasteiger partial charge >= 0.3 is 12.1 Å². The van der Waals surface area contributed by atoms with Crippen LogP contribution in [-0.4, -0.2) is 35.6 Å². The third-order valence-electron chi connectivity index (χ3n) is 5.10. The molecule has 0 saturated carbocycles. The van der Waals surface area contributed by atoms with E-state index in [9.17, 15) is 14.4 Å². The molecule has 2 amide bonds. The fourth-order valence-electron chi connectivity index (χ4n) is 3.52. The van der Waals surface area contributed by atoms with Gasteiger partial charge in [-0.05, 0) is 56.5 Å². The summed E-state index contributed by atoms with van der Waals surface area (Å²) in [5.74, 6) is -0.208. The van der Waals surface area contributed by atoms with Crippen molar-refractivity contribution in [3.8, 4) is 5.75 Å². The van der Waals surface area contributed by atoms with Gasteiger partial charge in [0.05, 0.1) is 6.61 Å². The largest absolute Gasteiger partial charge is 0.489 e. The monoisotopic (exact) mass is 501 g/mol. The number of amides is 2. The van der Waals surface area contributed by atoms with Crippen LogP contribution in [-0.2, 0) is 25.7 Å². The van der Waals surface area contributed by atoms with Crippen LogP contribution in [0.15, 0.2) is 90.6 Å². The molecule has 0 saturated heterocycles. The smallest absolute Gasteiger partial charge is 0.421 e. The van der Waals surface area contributed by atoms with E-state index in [0.29, 0.717) is 34.0 Å². The summed E-state index contributed by atoms with van der Waals surface area (Å²) in [4.78, 5) is 39.1. The summed E-state index contributed by atoms with van der Waals surface area (Å²) in [7, 11) is 0. The van der Waals surface area contributed by atoms with E-state index >= 15 is 0 Å². The summed E-state index contributed by atoms with van der Waals surface area (Å²) in [5, 5.41) is 0. The number of rotatable bonds is 9. The molecule has 192 valence electrons. The minimum Gasteiger partial charge on any atom is -0.489 e. The summed E-state index contributed by atoms with van der Waals surface area (Å²) < 4.78 is 16.6. The molecule has 0 aliphatic rings. The van der Waals surface area contributed by atoms with Crippen molar-refractivity contribution in [2.75, 3.05) is 6.61 Å². The molecule has 3 rings (SSSR count). The maximum absolute atomic E-state index is 13.2. The van der Waals surface area contributed by atoms with Gasteiger partial charge in [-0.15, -0.1) is 0 Å². The van der Waals surface area contributed by atoms with Gasteiger partial charge in [-0.1, -0.05) is 72.8 Å². The third kappa shape index (κ3) is 7.54. The van der Waals surface area contributed by atoms with Gasteiger partial charge < -0.3 is 14.2 Å². The van der Waals surface area contributed by atoms with Gasteiger partial charge in [0, 0.05) is 5.57 Å². The van der Waals surface area contributed by atoms with E-state index in [4.69, 9.17) is 14.2 Å². The summed E-state index contributed by atoms with van der Waals surface area (Å²) in [6.07, 6.45) is -0.720. The molecule has 7 heteroatoms. The molecule has 0 unspecified atom stereocenters. The van der Waals surface area contributed by atoms with Crippen molar-refractivity contribution in [1.82, 2.24) is 4.90 Å². The molecule has 0 radical (unpaired) electrons. The van der Waals surface area contributed by atoms with E-state index in [2.05, 4.69) is 0 Å². The van der Waals surface area contributed by atoms with Gasteiger partial charge in [-0.25, -0.2) is 14.5 Å². The fraction of sp³-hybridized carbons (Fsp3) is 0.233. The number of hydrogen-bond acceptors (Lipinski definition) is 6. The molecule has 0 aliphatic carbocycles. The quantitative estimate of drug-likeness (QED) is 0.204. The Bertz CT molecular complexity index is 1230. The van der Waals surface area contributed by atoms with Gasteiger partial charge in [0.25, 0.3) is 0 Å². The molecule has 0 fully saturated rings. The topological polar surface area (TPSA) is 82.1 Å². The van der Waals surface area contributed by atoms with Crippen LogP contribution >= 0.6 is 0 Å². The first-order valence-corrected chi connectivity index (χ1v) is 11.9. The minimum atomic E-state index is -0.984. The lowest BCUT2D eigenvalue weighted by Crippen LogP contribution is -2.38. The van der Waals surface area contributed by atoms with Crippen LogP contribution < -0.4 is 4.74 Å². The van der Waals surface area contributed by atoms with E-state index in [1.807, 2.05) is 36.4 Å². The van der Waals surface area contributed by atoms with E-state index in [-0.39, 0.29) is 18.7 Å². The second kappa shape index (κ2) is 12.5. The lowest BCUT2D eigenvalue weighted by atomic mass is 9.95. The first-order chi connectivity index (χ1) is 17.7. The molecular weight excluding hydrogens is 470 g/mol. The molecular formula is C30H31NO6. The molecule has 37 heavy (non-hydrogen) atoms. The Morgan fingerprint density at radius 1 is 0.838 bits per heavy atom. The number of carbonyl (C=O) groups is 3. The summed E-state index contributed by atoms with van der Waals surface area (Å²) in [6.45, 7) is 7.12. The average Bonchev–Trinajstić information content (AvgIpc) is 2.88. The number of nitrogens with zero attached hydrogens (tertiary/aromatic N) is 1. The van der Waals surface area contributed by atoms with E-state index < -0.39 is 17.7 Å². The number of hydrogen-bond donors (Lipinski definition) is 0. The molecule has 0 spiro atoms. The molecule has 0 aliphatic heterocycles. The lowest BCUT2D eigenvalue weighted by molar-refractivity contribution is -0.141. The number of benzene rings is 3. The third-order valence-corrected chi connectivity index (χ3v) is 5.10. The van der Waals surface area contributed by atoms with Crippen LogP contribution in [0.4, 0.5) is 4.79 Å². The maximum atomic E-state index is 13.2. The predicted molar refractivity (Wildman–Crippen MR) is 140 cm³/mol. The molecule has 0 bridgehead atoms. The Balaban J connectivity index is 2.10. The Hall–Kier alpha value is -4.39. The Morgan fingerprint density at radius 2 is 1.41 bits per heavy atom. The average molecular weight is 502 g/mol. The van der Waals surface area contributed by atoms with Crippen LogP contribution in [0.3, 0.4) is 0 Å². The highest BCUT2D eigenvalue weighted by molar-refractivity contribution is 6.07. The molecule has 0 aromatic heterocycles. The Labute approximate surface area is 217 Å². The summed E-state index contributed by atoms with van der Waals surface area (Å²) in [6, 6.07) is 25.8. The van der Waals surface area contributed by atoms with Crippen molar-refractivity contribution in [2.24, 2.45) is 0 Å². The molecule has 3 aromatic rings. The lowest BCUT2D eigenvalue weighted by Gasteiger charge is -2.26. The first kappa shape index (κ1) is 27.2. The molecule has 3 aromatic carbocycles. The molecule has 0 heterocycles. The predicted octanol–water partition coefficient (Wildman–Crippen LogP) is 5.98. The molecule has 0 atom stereocenters. The Morgan fingerprint density at radius 3 is 1.95 bits per heavy atom. The highest BCUT2D eigenvalue weighted by Crippen LogP contribution is 2.31. The van der Waals surface area contributed by atoms with Crippen molar-refractivity contribution in [1.29, 1.82) is 0 Å². The normalized spacial score (nSPS) is 11.7. The molecule has 0 N–H and O–H groups in total. The first-order valence-electron chi connectivity index (χ1n) is 11.9. The van der Waals surface area contributed by atoms with Crippen LogP contribution in [0.25, 0.3) is 5.57 Å². The SMILES string of the molecule is CCOC(=O)C(=C(c1ccccc1)c1ccc(OCc2ccccc2)cc1)N(C=O)C(=O)OC(C)(C)C. The zero-order chi connectivity index (χ0) is 26.8. The van der Waals surface area contributed by atoms with Crippen LogP contribution in [0, 0.1) is 0 Å². The highest BCUT2D eigenvalue weighted by Gasteiger charge is 2.32. The fourth-order valence-corrected chi connectivity index (χ4v) is 3.52. The Kier molecular flexibility index (Phi) is 9.21. The summed E-state index contributed by atoms with van der Waals surface area (Å²) >= 11 is 0. The number of esters is 1. The van der Waals surface area contributed by atoms with Crippen LogP contribution in [0.2, 0.25) is 0 Å². The van der Waals surface area contributed by atoms with Gasteiger partial charge in [-0.2, -0.15) is 0 Å². The number of imide groups is 1. The number of carbonyl (C=O) groups excluding carboxylic acids is 3. The van der Waals surface area contributed by atoms with Crippen molar-refractivity contribution in [2.45, 2.75) is 39.9 Å². The van der Waals surface area contributed by atoms with Gasteiger partial charge in [0.2, 0.25) is 6.41 Å². The van der Waals surface area contributed by atoms with Gasteiger partial charge in [-0.3, -0.25) is 4.79 Å². The zero-order valence-electron chi connectivity index (χ0n) is 21.5. The standard InChI is InChI=1S/C30H31NO6/c1-5-35-28(33)27(31(21-32)29(34)37-30(2,3)4)26(23-14-10-7-11-15-23)24-16-18-25(19-17-24)36-20-22-12-8-6-9-13-22/h6-19,21H,5,20H2,1-4H3. The molecule has 7 nitrogen and oxygen atoms in total. The van der Waals surface area contributed by atoms with E-state index in [1.54, 1.807) is 76.2 Å². The second-order valence-electron chi connectivity index (χ2n) is 9.06. The van der Waals surface area contributed by atoms with Crippen molar-refractivity contribution < 1.29 is 28.6 Å². The van der Waals surface area contributed by atoms with E-state index in [0.717, 1.165) is 5.56 Å². The second-order valence-corrected chi connectivity index (χ2v) is 9.06. The minimum absolute atomic E-state index is 0.0533. The van der Waals surface area contributed by atoms with Gasteiger partial charge in [0.1, 0.15) is 23.7 Å². The number of ether oxygens (including phenoxy) is 3. The van der Waals surface area contributed by atoms with Crippen molar-refractivity contribution in [3.63, 3.8) is 0 Å².